The Morgan fingerprint density at radius 3 is 2.40 bits per heavy atom. The number of hydrogen-bond acceptors (Lipinski definition) is 2. The molecule has 0 fully saturated rings. The van der Waals surface area contributed by atoms with E-state index in [2.05, 4.69) is 15.9 Å². The summed E-state index contributed by atoms with van der Waals surface area (Å²) in [6.45, 7) is 0.915. The molecule has 0 aliphatic carbocycles. The lowest BCUT2D eigenvalue weighted by Crippen LogP contribution is -2.33. The van der Waals surface area contributed by atoms with E-state index in [0.717, 1.165) is 23.7 Å². The predicted molar refractivity (Wildman–Crippen MR) is 83.3 cm³/mol. The van der Waals surface area contributed by atoms with Crippen LogP contribution in [-0.4, -0.2) is 28.6 Å². The third-order valence-electron chi connectivity index (χ3n) is 2.97. The second-order valence-corrected chi connectivity index (χ2v) is 5.46. The molecule has 0 aliphatic heterocycles. The smallest absolute Gasteiger partial charge is 0.222 e. The van der Waals surface area contributed by atoms with Crippen LogP contribution < -0.4 is 5.73 Å². The monoisotopic (exact) mass is 340 g/mol. The first-order valence-electron chi connectivity index (χ1n) is 6.79. The first-order chi connectivity index (χ1) is 9.63. The van der Waals surface area contributed by atoms with Crippen LogP contribution in [0.2, 0.25) is 0 Å². The number of carbonyl (C=O) groups is 2. The Labute approximate surface area is 128 Å². The van der Waals surface area contributed by atoms with Crippen LogP contribution in [0, 0.1) is 0 Å². The van der Waals surface area contributed by atoms with E-state index in [4.69, 9.17) is 5.73 Å². The summed E-state index contributed by atoms with van der Waals surface area (Å²) in [5.74, 6) is -0.299. The minimum Gasteiger partial charge on any atom is -0.370 e. The number of carbonyl (C=O) groups excluding carboxylic acids is 2. The molecule has 0 radical (unpaired) electrons. The quantitative estimate of drug-likeness (QED) is 0.554. The van der Waals surface area contributed by atoms with Crippen LogP contribution in [0.4, 0.5) is 0 Å². The highest BCUT2D eigenvalue weighted by Crippen LogP contribution is 2.09. The SMILES string of the molecule is NC(=O)CCN(Cc1ccccc1)C(=O)CCCCBr. The van der Waals surface area contributed by atoms with E-state index in [0.29, 0.717) is 19.5 Å². The summed E-state index contributed by atoms with van der Waals surface area (Å²) in [5, 5.41) is 0.903. The first-order valence-corrected chi connectivity index (χ1v) is 7.91. The average molecular weight is 341 g/mol. The Morgan fingerprint density at radius 1 is 1.10 bits per heavy atom. The molecule has 1 aromatic rings. The molecule has 0 saturated heterocycles. The highest BCUT2D eigenvalue weighted by atomic mass is 79.9. The van der Waals surface area contributed by atoms with Gasteiger partial charge in [-0.05, 0) is 18.4 Å². The summed E-state index contributed by atoms with van der Waals surface area (Å²) in [6, 6.07) is 9.77. The van der Waals surface area contributed by atoms with Crippen molar-refractivity contribution in [2.75, 3.05) is 11.9 Å². The molecule has 5 heteroatoms. The number of alkyl halides is 1. The summed E-state index contributed by atoms with van der Waals surface area (Å²) in [7, 11) is 0. The van der Waals surface area contributed by atoms with Gasteiger partial charge in [-0.25, -0.2) is 0 Å². The van der Waals surface area contributed by atoms with Gasteiger partial charge >= 0.3 is 0 Å². The topological polar surface area (TPSA) is 63.4 Å². The summed E-state index contributed by atoms with van der Waals surface area (Å²) in [4.78, 5) is 24.8. The Morgan fingerprint density at radius 2 is 1.80 bits per heavy atom. The molecular weight excluding hydrogens is 320 g/mol. The van der Waals surface area contributed by atoms with Crippen molar-refractivity contribution in [3.05, 3.63) is 35.9 Å². The zero-order chi connectivity index (χ0) is 14.8. The van der Waals surface area contributed by atoms with Gasteiger partial charge in [0, 0.05) is 31.3 Å². The fourth-order valence-electron chi connectivity index (χ4n) is 1.87. The Bertz CT molecular complexity index is 423. The number of halogens is 1. The van der Waals surface area contributed by atoms with Gasteiger partial charge in [-0.15, -0.1) is 0 Å². The number of primary amides is 1. The van der Waals surface area contributed by atoms with E-state index in [-0.39, 0.29) is 18.2 Å². The molecular formula is C15H21BrN2O2. The molecule has 110 valence electrons. The molecule has 2 amide bonds. The molecule has 2 N–H and O–H groups in total. The first kappa shape index (κ1) is 16.7. The van der Waals surface area contributed by atoms with Gasteiger partial charge in [-0.1, -0.05) is 46.3 Å². The van der Waals surface area contributed by atoms with Crippen LogP contribution in [0.3, 0.4) is 0 Å². The highest BCUT2D eigenvalue weighted by molar-refractivity contribution is 9.09. The number of nitrogens with zero attached hydrogens (tertiary/aromatic N) is 1. The van der Waals surface area contributed by atoms with Crippen LogP contribution >= 0.6 is 15.9 Å². The molecule has 0 aromatic heterocycles. The van der Waals surface area contributed by atoms with E-state index >= 15 is 0 Å². The van der Waals surface area contributed by atoms with Crippen molar-refractivity contribution < 1.29 is 9.59 Å². The van der Waals surface area contributed by atoms with E-state index in [1.54, 1.807) is 4.90 Å². The number of rotatable bonds is 9. The Balaban J connectivity index is 2.59. The van der Waals surface area contributed by atoms with Crippen LogP contribution in [-0.2, 0) is 16.1 Å². The maximum Gasteiger partial charge on any atom is 0.222 e. The maximum absolute atomic E-state index is 12.2. The van der Waals surface area contributed by atoms with Gasteiger partial charge in [-0.2, -0.15) is 0 Å². The van der Waals surface area contributed by atoms with Gasteiger partial charge in [0.1, 0.15) is 0 Å². The van der Waals surface area contributed by atoms with Crippen molar-refractivity contribution in [1.29, 1.82) is 0 Å². The molecule has 0 aliphatic rings. The molecule has 0 saturated carbocycles. The molecule has 0 spiro atoms. The number of nitrogens with two attached hydrogens (primary N) is 1. The van der Waals surface area contributed by atoms with Crippen molar-refractivity contribution in [2.45, 2.75) is 32.2 Å². The number of unbranched alkanes of at least 4 members (excludes halogenated alkanes) is 1. The van der Waals surface area contributed by atoms with Gasteiger partial charge in [-0.3, -0.25) is 9.59 Å². The second kappa shape index (κ2) is 9.53. The second-order valence-electron chi connectivity index (χ2n) is 4.66. The third kappa shape index (κ3) is 6.70. The van der Waals surface area contributed by atoms with Crippen LogP contribution in [0.15, 0.2) is 30.3 Å². The maximum atomic E-state index is 12.2. The minimum absolute atomic E-state index is 0.0797. The summed E-state index contributed by atoms with van der Waals surface area (Å²) >= 11 is 3.35. The fourth-order valence-corrected chi connectivity index (χ4v) is 2.27. The Hall–Kier alpha value is -1.36. The Kier molecular flexibility index (Phi) is 7.95. The molecule has 0 bridgehead atoms. The number of hydrogen-bond donors (Lipinski definition) is 1. The molecule has 4 nitrogen and oxygen atoms in total. The molecule has 20 heavy (non-hydrogen) atoms. The van der Waals surface area contributed by atoms with E-state index < -0.39 is 0 Å². The minimum atomic E-state index is -0.378. The van der Waals surface area contributed by atoms with Crippen LogP contribution in [0.1, 0.15) is 31.2 Å². The largest absolute Gasteiger partial charge is 0.370 e. The van der Waals surface area contributed by atoms with Crippen molar-refractivity contribution in [1.82, 2.24) is 4.90 Å². The summed E-state index contributed by atoms with van der Waals surface area (Å²) < 4.78 is 0. The zero-order valence-corrected chi connectivity index (χ0v) is 13.1. The third-order valence-corrected chi connectivity index (χ3v) is 3.53. The number of amides is 2. The molecule has 1 aromatic carbocycles. The van der Waals surface area contributed by atoms with Crippen molar-refractivity contribution in [2.24, 2.45) is 5.73 Å². The van der Waals surface area contributed by atoms with Gasteiger partial charge in [0.05, 0.1) is 0 Å². The predicted octanol–water partition coefficient (Wildman–Crippen LogP) is 2.46. The normalized spacial score (nSPS) is 10.2. The zero-order valence-electron chi connectivity index (χ0n) is 11.6. The fraction of sp³-hybridized carbons (Fsp3) is 0.467. The summed E-state index contributed by atoms with van der Waals surface area (Å²) in [6.07, 6.45) is 2.54. The van der Waals surface area contributed by atoms with Crippen LogP contribution in [0.5, 0.6) is 0 Å². The molecule has 1 rings (SSSR count). The van der Waals surface area contributed by atoms with Gasteiger partial charge in [0.15, 0.2) is 0 Å². The molecule has 0 unspecified atom stereocenters. The van der Waals surface area contributed by atoms with Gasteiger partial charge in [0.25, 0.3) is 0 Å². The number of benzene rings is 1. The molecule has 0 heterocycles. The lowest BCUT2D eigenvalue weighted by Gasteiger charge is -2.22. The van der Waals surface area contributed by atoms with E-state index in [1.165, 1.54) is 0 Å². The van der Waals surface area contributed by atoms with Gasteiger partial charge < -0.3 is 10.6 Å². The standard InChI is InChI=1S/C15H21BrN2O2/c16-10-5-4-8-15(20)18(11-9-14(17)19)12-13-6-2-1-3-7-13/h1-3,6-7H,4-5,8-12H2,(H2,17,19). The highest BCUT2D eigenvalue weighted by Gasteiger charge is 2.14. The lowest BCUT2D eigenvalue weighted by molar-refractivity contribution is -0.132. The lowest BCUT2D eigenvalue weighted by atomic mass is 10.1. The van der Waals surface area contributed by atoms with E-state index in [1.807, 2.05) is 30.3 Å². The molecule has 0 atom stereocenters. The van der Waals surface area contributed by atoms with Gasteiger partial charge in [0.2, 0.25) is 11.8 Å². The van der Waals surface area contributed by atoms with Crippen molar-refractivity contribution in [3.63, 3.8) is 0 Å². The van der Waals surface area contributed by atoms with E-state index in [9.17, 15) is 9.59 Å². The van der Waals surface area contributed by atoms with Crippen molar-refractivity contribution in [3.8, 4) is 0 Å². The van der Waals surface area contributed by atoms with Crippen molar-refractivity contribution >= 4 is 27.7 Å². The average Bonchev–Trinajstić information content (AvgIpc) is 2.44. The summed E-state index contributed by atoms with van der Waals surface area (Å²) in [5.41, 5.74) is 6.23. The van der Waals surface area contributed by atoms with Crippen LogP contribution in [0.25, 0.3) is 0 Å².